The maximum absolute atomic E-state index is 12.4. The third-order valence-corrected chi connectivity index (χ3v) is 2.05. The summed E-state index contributed by atoms with van der Waals surface area (Å²) in [4.78, 5) is 0. The van der Waals surface area contributed by atoms with Gasteiger partial charge in [-0.3, -0.25) is 0 Å². The fourth-order valence-corrected chi connectivity index (χ4v) is 1.36. The summed E-state index contributed by atoms with van der Waals surface area (Å²) in [5.41, 5.74) is 0.305. The van der Waals surface area contributed by atoms with Crippen molar-refractivity contribution in [3.05, 3.63) is 35.5 Å². The summed E-state index contributed by atoms with van der Waals surface area (Å²) < 4.78 is 37.2. The first-order valence-electron chi connectivity index (χ1n) is 5.67. The zero-order valence-electron chi connectivity index (χ0n) is 10.1. The molecule has 0 heterocycles. The van der Waals surface area contributed by atoms with E-state index < -0.39 is 11.7 Å². The Hall–Kier alpha value is -0.990. The van der Waals surface area contributed by atoms with Gasteiger partial charge in [0.15, 0.2) is 0 Å². The van der Waals surface area contributed by atoms with Crippen molar-refractivity contribution in [2.24, 2.45) is 0 Å². The molecule has 0 N–H and O–H groups in total. The van der Waals surface area contributed by atoms with Crippen molar-refractivity contribution in [3.63, 3.8) is 0 Å². The zero-order chi connectivity index (χ0) is 12.6. The number of halogens is 3. The lowest BCUT2D eigenvalue weighted by Crippen LogP contribution is -2.11. The molecule has 0 unspecified atom stereocenters. The highest BCUT2D eigenvalue weighted by molar-refractivity contribution is 5.33. The lowest BCUT2D eigenvalue weighted by molar-refractivity contribution is -0.0929. The van der Waals surface area contributed by atoms with Crippen LogP contribution in [0.3, 0.4) is 0 Å². The van der Waals surface area contributed by atoms with Crippen LogP contribution in [0.4, 0.5) is 13.2 Å². The second kappa shape index (κ2) is 7.31. The fraction of sp³-hybridized carbons (Fsp3) is 0.538. The van der Waals surface area contributed by atoms with Gasteiger partial charge in [0.1, 0.15) is 0 Å². The Morgan fingerprint density at radius 2 is 1.88 bits per heavy atom. The normalized spacial score (nSPS) is 15.6. The lowest BCUT2D eigenvalue weighted by atomic mass is 10.1. The summed E-state index contributed by atoms with van der Waals surface area (Å²) in [6.45, 7) is 5.95. The number of rotatable bonds is 2. The molecule has 0 saturated heterocycles. The first-order valence-corrected chi connectivity index (χ1v) is 5.67. The van der Waals surface area contributed by atoms with Crippen LogP contribution in [0.1, 0.15) is 40.0 Å². The molecule has 0 nitrogen and oxygen atoms in total. The van der Waals surface area contributed by atoms with Crippen LogP contribution in [-0.2, 0) is 0 Å². The standard InChI is InChI=1S/C11H13F3.C2H6/c1-2-5-9-6-3-4-7-10(8-9)11(12,13)14;1-2/h3-4,6,8H,2,5,7H2,1H3;1-2H3. The van der Waals surface area contributed by atoms with Gasteiger partial charge in [-0.25, -0.2) is 0 Å². The van der Waals surface area contributed by atoms with E-state index in [4.69, 9.17) is 0 Å². The quantitative estimate of drug-likeness (QED) is 0.614. The Labute approximate surface area is 95.5 Å². The van der Waals surface area contributed by atoms with Crippen molar-refractivity contribution in [2.75, 3.05) is 0 Å². The molecule has 0 amide bonds. The second-order valence-corrected chi connectivity index (χ2v) is 3.29. The first-order chi connectivity index (χ1) is 7.54. The number of hydrogen-bond donors (Lipinski definition) is 0. The van der Waals surface area contributed by atoms with Gasteiger partial charge in [-0.15, -0.1) is 0 Å². The Bertz CT molecular complexity index is 280. The van der Waals surface area contributed by atoms with Crippen LogP contribution in [0.15, 0.2) is 35.5 Å². The highest BCUT2D eigenvalue weighted by Gasteiger charge is 2.32. The summed E-state index contributed by atoms with van der Waals surface area (Å²) in [5, 5.41) is 0. The average Bonchev–Trinajstić information content (AvgIpc) is 2.46. The lowest BCUT2D eigenvalue weighted by Gasteiger charge is -2.09. The van der Waals surface area contributed by atoms with E-state index in [0.29, 0.717) is 6.42 Å². The van der Waals surface area contributed by atoms with Crippen LogP contribution in [0.2, 0.25) is 0 Å². The molecule has 3 heteroatoms. The Kier molecular flexibility index (Phi) is 6.86. The van der Waals surface area contributed by atoms with E-state index in [2.05, 4.69) is 0 Å². The SMILES string of the molecule is CC.CCCC1=CC=CCC(C(F)(F)F)=C1. The molecule has 0 spiro atoms. The van der Waals surface area contributed by atoms with E-state index in [1.165, 1.54) is 6.08 Å². The molecule has 0 saturated carbocycles. The van der Waals surface area contributed by atoms with Gasteiger partial charge in [-0.2, -0.15) is 13.2 Å². The third kappa shape index (κ3) is 5.19. The molecule has 92 valence electrons. The molecule has 0 atom stereocenters. The van der Waals surface area contributed by atoms with Gasteiger partial charge in [0, 0.05) is 5.57 Å². The largest absolute Gasteiger partial charge is 0.413 e. The van der Waals surface area contributed by atoms with E-state index in [0.717, 1.165) is 12.0 Å². The van der Waals surface area contributed by atoms with Gasteiger partial charge in [-0.05, 0) is 18.4 Å². The molecular weight excluding hydrogens is 213 g/mol. The third-order valence-electron chi connectivity index (χ3n) is 2.05. The van der Waals surface area contributed by atoms with Crippen molar-refractivity contribution in [2.45, 2.75) is 46.2 Å². The molecular formula is C13H19F3. The topological polar surface area (TPSA) is 0 Å². The maximum atomic E-state index is 12.4. The summed E-state index contributed by atoms with van der Waals surface area (Å²) in [5.74, 6) is 0. The fourth-order valence-electron chi connectivity index (χ4n) is 1.36. The molecule has 0 aromatic heterocycles. The van der Waals surface area contributed by atoms with Crippen molar-refractivity contribution < 1.29 is 13.2 Å². The Balaban J connectivity index is 0.00000106. The Morgan fingerprint density at radius 3 is 2.38 bits per heavy atom. The van der Waals surface area contributed by atoms with Crippen LogP contribution in [-0.4, -0.2) is 6.18 Å². The van der Waals surface area contributed by atoms with E-state index >= 15 is 0 Å². The average molecular weight is 232 g/mol. The minimum Gasteiger partial charge on any atom is -0.166 e. The summed E-state index contributed by atoms with van der Waals surface area (Å²) in [7, 11) is 0. The van der Waals surface area contributed by atoms with Crippen molar-refractivity contribution in [1.82, 2.24) is 0 Å². The minimum atomic E-state index is -4.19. The van der Waals surface area contributed by atoms with Gasteiger partial charge < -0.3 is 0 Å². The Morgan fingerprint density at radius 1 is 1.25 bits per heavy atom. The molecule has 0 aliphatic heterocycles. The number of allylic oxidation sites excluding steroid dienone is 6. The highest BCUT2D eigenvalue weighted by atomic mass is 19.4. The molecule has 0 fully saturated rings. The minimum absolute atomic E-state index is 0.0206. The number of alkyl halides is 3. The summed E-state index contributed by atoms with van der Waals surface area (Å²) in [6.07, 6.45) is 3.61. The molecule has 1 aliphatic rings. The van der Waals surface area contributed by atoms with E-state index in [-0.39, 0.29) is 6.42 Å². The summed E-state index contributed by atoms with van der Waals surface area (Å²) >= 11 is 0. The van der Waals surface area contributed by atoms with Crippen molar-refractivity contribution in [3.8, 4) is 0 Å². The molecule has 0 aromatic carbocycles. The van der Waals surface area contributed by atoms with E-state index in [9.17, 15) is 13.2 Å². The number of hydrogen-bond acceptors (Lipinski definition) is 0. The predicted octanol–water partition coefficient (Wildman–Crippen LogP) is 5.19. The van der Waals surface area contributed by atoms with Gasteiger partial charge in [0.25, 0.3) is 0 Å². The monoisotopic (exact) mass is 232 g/mol. The van der Waals surface area contributed by atoms with Gasteiger partial charge >= 0.3 is 6.18 Å². The van der Waals surface area contributed by atoms with E-state index in [1.807, 2.05) is 20.8 Å². The molecule has 0 bridgehead atoms. The van der Waals surface area contributed by atoms with Gasteiger partial charge in [-0.1, -0.05) is 51.5 Å². The van der Waals surface area contributed by atoms with Crippen molar-refractivity contribution >= 4 is 0 Å². The highest BCUT2D eigenvalue weighted by Crippen LogP contribution is 2.31. The summed E-state index contributed by atoms with van der Waals surface area (Å²) in [6, 6.07) is 0. The molecule has 0 aromatic rings. The maximum Gasteiger partial charge on any atom is 0.413 e. The van der Waals surface area contributed by atoms with Crippen LogP contribution < -0.4 is 0 Å². The van der Waals surface area contributed by atoms with Crippen molar-refractivity contribution in [1.29, 1.82) is 0 Å². The smallest absolute Gasteiger partial charge is 0.166 e. The molecule has 1 aliphatic carbocycles. The van der Waals surface area contributed by atoms with Gasteiger partial charge in [0.2, 0.25) is 0 Å². The second-order valence-electron chi connectivity index (χ2n) is 3.29. The molecule has 0 radical (unpaired) electrons. The van der Waals surface area contributed by atoms with Gasteiger partial charge in [0.05, 0.1) is 0 Å². The predicted molar refractivity (Wildman–Crippen MR) is 62.2 cm³/mol. The first kappa shape index (κ1) is 15.0. The molecule has 1 rings (SSSR count). The van der Waals surface area contributed by atoms with Crippen LogP contribution in [0.25, 0.3) is 0 Å². The molecule has 16 heavy (non-hydrogen) atoms. The van der Waals surface area contributed by atoms with Crippen LogP contribution >= 0.6 is 0 Å². The zero-order valence-corrected chi connectivity index (χ0v) is 10.1. The van der Waals surface area contributed by atoms with E-state index in [1.54, 1.807) is 18.2 Å². The van der Waals surface area contributed by atoms with Crippen LogP contribution in [0.5, 0.6) is 0 Å². The van der Waals surface area contributed by atoms with Crippen LogP contribution in [0, 0.1) is 0 Å².